The molecule has 2 amide bonds. The molecule has 0 atom stereocenters. The van der Waals surface area contributed by atoms with E-state index in [0.29, 0.717) is 31.7 Å². The summed E-state index contributed by atoms with van der Waals surface area (Å²) in [6.45, 7) is 3.58. The SMILES string of the molecule is CC(=O)N1CCN(C(=O)c2ccc(F)nc2)CC1. The van der Waals surface area contributed by atoms with E-state index in [9.17, 15) is 14.0 Å². The number of piperazine rings is 1. The van der Waals surface area contributed by atoms with Crippen molar-refractivity contribution >= 4 is 11.8 Å². The molecule has 0 aliphatic carbocycles. The van der Waals surface area contributed by atoms with Crippen LogP contribution in [-0.2, 0) is 4.79 Å². The molecular weight excluding hydrogens is 237 g/mol. The minimum Gasteiger partial charge on any atom is -0.339 e. The van der Waals surface area contributed by atoms with Crippen LogP contribution in [0.1, 0.15) is 17.3 Å². The molecule has 18 heavy (non-hydrogen) atoms. The zero-order chi connectivity index (χ0) is 13.1. The van der Waals surface area contributed by atoms with Crippen LogP contribution in [0.5, 0.6) is 0 Å². The molecule has 0 saturated carbocycles. The highest BCUT2D eigenvalue weighted by molar-refractivity contribution is 5.94. The Balaban J connectivity index is 1.99. The quantitative estimate of drug-likeness (QED) is 0.684. The third-order valence-corrected chi connectivity index (χ3v) is 2.99. The van der Waals surface area contributed by atoms with Crippen LogP contribution in [0.2, 0.25) is 0 Å². The molecule has 0 radical (unpaired) electrons. The average molecular weight is 251 g/mol. The Morgan fingerprint density at radius 1 is 1.17 bits per heavy atom. The molecule has 1 aliphatic heterocycles. The number of carbonyl (C=O) groups is 2. The van der Waals surface area contributed by atoms with E-state index in [4.69, 9.17) is 0 Å². The summed E-state index contributed by atoms with van der Waals surface area (Å²) in [5.41, 5.74) is 0.368. The van der Waals surface area contributed by atoms with Gasteiger partial charge in [0.1, 0.15) is 0 Å². The molecule has 1 aromatic heterocycles. The number of rotatable bonds is 1. The van der Waals surface area contributed by atoms with Gasteiger partial charge in [0.2, 0.25) is 11.9 Å². The number of hydrogen-bond acceptors (Lipinski definition) is 3. The number of aromatic nitrogens is 1. The van der Waals surface area contributed by atoms with Gasteiger partial charge in [-0.15, -0.1) is 0 Å². The summed E-state index contributed by atoms with van der Waals surface area (Å²) >= 11 is 0. The van der Waals surface area contributed by atoms with E-state index >= 15 is 0 Å². The monoisotopic (exact) mass is 251 g/mol. The first-order valence-electron chi connectivity index (χ1n) is 5.74. The molecule has 0 N–H and O–H groups in total. The van der Waals surface area contributed by atoms with Crippen LogP contribution in [-0.4, -0.2) is 52.8 Å². The van der Waals surface area contributed by atoms with Crippen LogP contribution in [0, 0.1) is 5.95 Å². The fourth-order valence-electron chi connectivity index (χ4n) is 1.91. The number of halogens is 1. The van der Waals surface area contributed by atoms with Crippen molar-refractivity contribution in [1.29, 1.82) is 0 Å². The lowest BCUT2D eigenvalue weighted by Crippen LogP contribution is -2.50. The normalized spacial score (nSPS) is 15.7. The maximum Gasteiger partial charge on any atom is 0.255 e. The third kappa shape index (κ3) is 2.64. The number of carbonyl (C=O) groups excluding carboxylic acids is 2. The third-order valence-electron chi connectivity index (χ3n) is 2.99. The summed E-state index contributed by atoms with van der Waals surface area (Å²) in [5.74, 6) is -0.760. The van der Waals surface area contributed by atoms with Crippen LogP contribution in [0.4, 0.5) is 4.39 Å². The first-order valence-corrected chi connectivity index (χ1v) is 5.74. The summed E-state index contributed by atoms with van der Waals surface area (Å²) in [5, 5.41) is 0. The van der Waals surface area contributed by atoms with Crippen molar-refractivity contribution < 1.29 is 14.0 Å². The van der Waals surface area contributed by atoms with Crippen molar-refractivity contribution in [1.82, 2.24) is 14.8 Å². The minimum absolute atomic E-state index is 0.0190. The van der Waals surface area contributed by atoms with Crippen LogP contribution < -0.4 is 0 Å². The predicted molar refractivity (Wildman–Crippen MR) is 62.4 cm³/mol. The first kappa shape index (κ1) is 12.5. The maximum atomic E-state index is 12.7. The van der Waals surface area contributed by atoms with E-state index in [-0.39, 0.29) is 11.8 Å². The van der Waals surface area contributed by atoms with Gasteiger partial charge in [0.25, 0.3) is 5.91 Å². The van der Waals surface area contributed by atoms with Gasteiger partial charge in [0, 0.05) is 39.3 Å². The zero-order valence-electron chi connectivity index (χ0n) is 10.1. The zero-order valence-corrected chi connectivity index (χ0v) is 10.1. The molecule has 0 unspecified atom stereocenters. The Kier molecular flexibility index (Phi) is 3.55. The molecule has 0 aromatic carbocycles. The van der Waals surface area contributed by atoms with Crippen LogP contribution in [0.25, 0.3) is 0 Å². The van der Waals surface area contributed by atoms with E-state index < -0.39 is 5.95 Å². The number of pyridine rings is 1. The molecule has 1 fully saturated rings. The highest BCUT2D eigenvalue weighted by atomic mass is 19.1. The number of nitrogens with zero attached hydrogens (tertiary/aromatic N) is 3. The summed E-state index contributed by atoms with van der Waals surface area (Å²) in [6, 6.07) is 2.58. The van der Waals surface area contributed by atoms with E-state index in [2.05, 4.69) is 4.98 Å². The van der Waals surface area contributed by atoms with Gasteiger partial charge in [-0.2, -0.15) is 4.39 Å². The Labute approximate surface area is 104 Å². The fourth-order valence-corrected chi connectivity index (χ4v) is 1.91. The summed E-state index contributed by atoms with van der Waals surface area (Å²) in [4.78, 5) is 30.0. The van der Waals surface area contributed by atoms with Gasteiger partial charge >= 0.3 is 0 Å². The Morgan fingerprint density at radius 2 is 1.78 bits per heavy atom. The van der Waals surface area contributed by atoms with E-state index in [0.717, 1.165) is 0 Å². The molecular formula is C12H14FN3O2. The standard InChI is InChI=1S/C12H14FN3O2/c1-9(17)15-4-6-16(7-5-15)12(18)10-2-3-11(13)14-8-10/h2-3,8H,4-7H2,1H3. The predicted octanol–water partition coefficient (Wildman–Crippen LogP) is 0.525. The molecule has 1 aromatic rings. The summed E-state index contributed by atoms with van der Waals surface area (Å²) in [7, 11) is 0. The highest BCUT2D eigenvalue weighted by Crippen LogP contribution is 2.08. The fraction of sp³-hybridized carbons (Fsp3) is 0.417. The lowest BCUT2D eigenvalue weighted by molar-refractivity contribution is -0.130. The van der Waals surface area contributed by atoms with E-state index in [1.807, 2.05) is 0 Å². The van der Waals surface area contributed by atoms with Gasteiger partial charge in [-0.3, -0.25) is 9.59 Å². The Hall–Kier alpha value is -1.98. The van der Waals surface area contributed by atoms with Gasteiger partial charge < -0.3 is 9.80 Å². The molecule has 1 aliphatic rings. The highest BCUT2D eigenvalue weighted by Gasteiger charge is 2.23. The number of amides is 2. The van der Waals surface area contributed by atoms with Crippen molar-refractivity contribution in [2.75, 3.05) is 26.2 Å². The van der Waals surface area contributed by atoms with Crippen LogP contribution in [0.15, 0.2) is 18.3 Å². The molecule has 2 heterocycles. The maximum absolute atomic E-state index is 12.7. The summed E-state index contributed by atoms with van der Waals surface area (Å²) < 4.78 is 12.7. The molecule has 2 rings (SSSR count). The van der Waals surface area contributed by atoms with Crippen molar-refractivity contribution in [3.05, 3.63) is 29.8 Å². The van der Waals surface area contributed by atoms with Crippen molar-refractivity contribution in [3.63, 3.8) is 0 Å². The van der Waals surface area contributed by atoms with Crippen molar-refractivity contribution in [3.8, 4) is 0 Å². The first-order chi connectivity index (χ1) is 8.58. The van der Waals surface area contributed by atoms with Crippen molar-refractivity contribution in [2.45, 2.75) is 6.92 Å². The second kappa shape index (κ2) is 5.12. The molecule has 0 spiro atoms. The van der Waals surface area contributed by atoms with E-state index in [1.165, 1.54) is 25.3 Å². The molecule has 96 valence electrons. The smallest absolute Gasteiger partial charge is 0.255 e. The van der Waals surface area contributed by atoms with Crippen LogP contribution >= 0.6 is 0 Å². The van der Waals surface area contributed by atoms with Gasteiger partial charge in [-0.1, -0.05) is 0 Å². The second-order valence-corrected chi connectivity index (χ2v) is 4.17. The van der Waals surface area contributed by atoms with Crippen LogP contribution in [0.3, 0.4) is 0 Å². The topological polar surface area (TPSA) is 53.5 Å². The molecule has 5 nitrogen and oxygen atoms in total. The summed E-state index contributed by atoms with van der Waals surface area (Å²) in [6.07, 6.45) is 1.23. The van der Waals surface area contributed by atoms with Gasteiger partial charge in [-0.25, -0.2) is 4.98 Å². The average Bonchev–Trinajstić information content (AvgIpc) is 2.39. The van der Waals surface area contributed by atoms with Gasteiger partial charge in [0.15, 0.2) is 0 Å². The molecule has 1 saturated heterocycles. The molecule has 6 heteroatoms. The van der Waals surface area contributed by atoms with Crippen molar-refractivity contribution in [2.24, 2.45) is 0 Å². The van der Waals surface area contributed by atoms with Gasteiger partial charge in [-0.05, 0) is 12.1 Å². The van der Waals surface area contributed by atoms with Gasteiger partial charge in [0.05, 0.1) is 5.56 Å². The Morgan fingerprint density at radius 3 is 2.28 bits per heavy atom. The lowest BCUT2D eigenvalue weighted by Gasteiger charge is -2.34. The van der Waals surface area contributed by atoms with E-state index in [1.54, 1.807) is 9.80 Å². The largest absolute Gasteiger partial charge is 0.339 e. The second-order valence-electron chi connectivity index (χ2n) is 4.17. The lowest BCUT2D eigenvalue weighted by atomic mass is 10.2. The Bertz CT molecular complexity index is 453. The minimum atomic E-state index is -0.604. The number of hydrogen-bond donors (Lipinski definition) is 0. The molecule has 0 bridgehead atoms.